The summed E-state index contributed by atoms with van der Waals surface area (Å²) in [6.45, 7) is 21.6. The summed E-state index contributed by atoms with van der Waals surface area (Å²) in [6, 6.07) is 0.347. The SMILES string of the molecule is CC.CC(C)C1C(F)CCN1C.CCC.CCN1CCC(F)C1C(C)C. The fourth-order valence-corrected chi connectivity index (χ4v) is 3.90. The average Bonchev–Trinajstić information content (AvgIpc) is 3.12. The van der Waals surface area contributed by atoms with Gasteiger partial charge < -0.3 is 4.90 Å². The summed E-state index contributed by atoms with van der Waals surface area (Å²) in [4.78, 5) is 4.37. The molecule has 26 heavy (non-hydrogen) atoms. The van der Waals surface area contributed by atoms with Gasteiger partial charge in [-0.2, -0.15) is 0 Å². The summed E-state index contributed by atoms with van der Waals surface area (Å²) in [5.41, 5.74) is 0. The molecule has 0 aromatic heterocycles. The van der Waals surface area contributed by atoms with Crippen LogP contribution in [0, 0.1) is 11.8 Å². The van der Waals surface area contributed by atoms with Crippen molar-refractivity contribution < 1.29 is 8.78 Å². The minimum atomic E-state index is -0.593. The van der Waals surface area contributed by atoms with E-state index in [4.69, 9.17) is 0 Å². The van der Waals surface area contributed by atoms with Crippen molar-refractivity contribution in [2.45, 2.75) is 106 Å². The highest BCUT2D eigenvalue weighted by Gasteiger charge is 2.35. The minimum absolute atomic E-state index is 0.167. The number of hydrogen-bond donors (Lipinski definition) is 0. The summed E-state index contributed by atoms with van der Waals surface area (Å²) in [5.74, 6) is 0.898. The van der Waals surface area contributed by atoms with Gasteiger partial charge in [0.1, 0.15) is 12.3 Å². The first kappa shape index (κ1) is 28.0. The summed E-state index contributed by atoms with van der Waals surface area (Å²) in [6.07, 6.45) is 1.52. The van der Waals surface area contributed by atoms with Gasteiger partial charge in [0, 0.05) is 25.2 Å². The van der Waals surface area contributed by atoms with E-state index in [9.17, 15) is 8.78 Å². The van der Waals surface area contributed by atoms with Crippen molar-refractivity contribution in [1.82, 2.24) is 9.80 Å². The van der Waals surface area contributed by atoms with Crippen LogP contribution in [0.3, 0.4) is 0 Å². The van der Waals surface area contributed by atoms with Gasteiger partial charge in [0.05, 0.1) is 0 Å². The van der Waals surface area contributed by atoms with E-state index in [-0.39, 0.29) is 12.1 Å². The van der Waals surface area contributed by atoms with Crippen molar-refractivity contribution in [3.8, 4) is 0 Å². The molecule has 4 atom stereocenters. The Labute approximate surface area is 163 Å². The smallest absolute Gasteiger partial charge is 0.117 e. The zero-order chi connectivity index (χ0) is 20.9. The van der Waals surface area contributed by atoms with E-state index in [1.54, 1.807) is 0 Å². The third-order valence-corrected chi connectivity index (χ3v) is 4.89. The van der Waals surface area contributed by atoms with Crippen LogP contribution in [0.15, 0.2) is 0 Å². The molecule has 0 amide bonds. The number of halogens is 2. The van der Waals surface area contributed by atoms with Gasteiger partial charge >= 0.3 is 0 Å². The van der Waals surface area contributed by atoms with Crippen molar-refractivity contribution in [2.75, 3.05) is 26.7 Å². The normalized spacial score (nSPS) is 28.8. The van der Waals surface area contributed by atoms with Crippen LogP contribution in [0.4, 0.5) is 8.78 Å². The fourth-order valence-electron chi connectivity index (χ4n) is 3.90. The molecule has 2 aliphatic heterocycles. The Hall–Kier alpha value is -0.220. The van der Waals surface area contributed by atoms with Crippen LogP contribution >= 0.6 is 0 Å². The van der Waals surface area contributed by atoms with Crippen molar-refractivity contribution >= 4 is 0 Å². The maximum Gasteiger partial charge on any atom is 0.117 e. The lowest BCUT2D eigenvalue weighted by atomic mass is 10.0. The summed E-state index contributed by atoms with van der Waals surface area (Å²) >= 11 is 0. The molecule has 2 fully saturated rings. The van der Waals surface area contributed by atoms with Crippen molar-refractivity contribution in [3.05, 3.63) is 0 Å². The van der Waals surface area contributed by atoms with Gasteiger partial charge in [-0.15, -0.1) is 0 Å². The summed E-state index contributed by atoms with van der Waals surface area (Å²) < 4.78 is 26.3. The third kappa shape index (κ3) is 9.64. The Morgan fingerprint density at radius 2 is 1.19 bits per heavy atom. The second kappa shape index (κ2) is 15.8. The first-order chi connectivity index (χ1) is 12.2. The molecule has 2 nitrogen and oxygen atoms in total. The average molecular weight is 379 g/mol. The van der Waals surface area contributed by atoms with E-state index < -0.39 is 12.3 Å². The van der Waals surface area contributed by atoms with E-state index in [1.807, 2.05) is 20.9 Å². The molecule has 2 aliphatic rings. The second-order valence-corrected chi connectivity index (χ2v) is 7.89. The molecule has 0 bridgehead atoms. The molecule has 0 saturated carbocycles. The standard InChI is InChI=1S/C9H18FN.C8H16FN.C3H8.C2H6/c1-4-11-6-5-8(10)9(11)7(2)3;1-6(2)8-7(9)4-5-10(8)3;1-3-2;1-2/h7-9H,4-6H2,1-3H3;6-8H,4-5H2,1-3H3;3H2,1-2H3;1-2H3. The van der Waals surface area contributed by atoms with E-state index in [0.717, 1.165) is 32.5 Å². The first-order valence-corrected chi connectivity index (χ1v) is 10.9. The highest BCUT2D eigenvalue weighted by Crippen LogP contribution is 2.26. The maximum atomic E-state index is 13.2. The molecule has 0 spiro atoms. The van der Waals surface area contributed by atoms with Gasteiger partial charge in [0.25, 0.3) is 0 Å². The monoisotopic (exact) mass is 378 g/mol. The lowest BCUT2D eigenvalue weighted by Crippen LogP contribution is -2.37. The van der Waals surface area contributed by atoms with Crippen LogP contribution in [-0.4, -0.2) is 60.9 Å². The molecular weight excluding hydrogens is 330 g/mol. The molecule has 2 heterocycles. The number of alkyl halides is 2. The molecule has 0 N–H and O–H groups in total. The van der Waals surface area contributed by atoms with E-state index in [0.29, 0.717) is 11.8 Å². The highest BCUT2D eigenvalue weighted by atomic mass is 19.1. The Morgan fingerprint density at radius 1 is 0.808 bits per heavy atom. The van der Waals surface area contributed by atoms with Crippen LogP contribution in [0.1, 0.15) is 81.6 Å². The zero-order valence-corrected chi connectivity index (χ0v) is 19.4. The molecule has 0 aromatic carbocycles. The van der Waals surface area contributed by atoms with Crippen molar-refractivity contribution in [1.29, 1.82) is 0 Å². The molecular formula is C22H48F2N2. The molecule has 2 rings (SSSR count). The second-order valence-electron chi connectivity index (χ2n) is 7.89. The molecule has 4 heteroatoms. The molecule has 4 unspecified atom stereocenters. The molecule has 160 valence electrons. The van der Waals surface area contributed by atoms with Gasteiger partial charge in [-0.05, 0) is 38.3 Å². The van der Waals surface area contributed by atoms with Crippen LogP contribution in [-0.2, 0) is 0 Å². The van der Waals surface area contributed by atoms with E-state index in [1.165, 1.54) is 6.42 Å². The Balaban J connectivity index is 0. The van der Waals surface area contributed by atoms with E-state index in [2.05, 4.69) is 58.3 Å². The number of nitrogens with zero attached hydrogens (tertiary/aromatic N) is 2. The lowest BCUT2D eigenvalue weighted by molar-refractivity contribution is 0.155. The van der Waals surface area contributed by atoms with Crippen LogP contribution in [0.5, 0.6) is 0 Å². The van der Waals surface area contributed by atoms with Crippen molar-refractivity contribution in [3.63, 3.8) is 0 Å². The number of rotatable bonds is 3. The minimum Gasteiger partial charge on any atom is -0.300 e. The predicted octanol–water partition coefficient (Wildman–Crippen LogP) is 6.20. The van der Waals surface area contributed by atoms with Crippen LogP contribution in [0.2, 0.25) is 0 Å². The van der Waals surface area contributed by atoms with Crippen LogP contribution < -0.4 is 0 Å². The third-order valence-electron chi connectivity index (χ3n) is 4.89. The van der Waals surface area contributed by atoms with Gasteiger partial charge in [0.2, 0.25) is 0 Å². The molecule has 0 aliphatic carbocycles. The molecule has 2 saturated heterocycles. The quantitative estimate of drug-likeness (QED) is 0.577. The fraction of sp³-hybridized carbons (Fsp3) is 1.00. The van der Waals surface area contributed by atoms with Gasteiger partial charge in [-0.3, -0.25) is 4.90 Å². The molecule has 0 aromatic rings. The largest absolute Gasteiger partial charge is 0.300 e. The maximum absolute atomic E-state index is 13.2. The van der Waals surface area contributed by atoms with E-state index >= 15 is 0 Å². The zero-order valence-electron chi connectivity index (χ0n) is 19.4. The topological polar surface area (TPSA) is 6.48 Å². The Kier molecular flexibility index (Phi) is 17.0. The summed E-state index contributed by atoms with van der Waals surface area (Å²) in [7, 11) is 2.00. The number of hydrogen-bond acceptors (Lipinski definition) is 2. The number of likely N-dealkylation sites (tertiary alicyclic amines) is 2. The molecule has 0 radical (unpaired) electrons. The predicted molar refractivity (Wildman–Crippen MR) is 113 cm³/mol. The first-order valence-electron chi connectivity index (χ1n) is 10.9. The Bertz CT molecular complexity index is 301. The lowest BCUT2D eigenvalue weighted by Gasteiger charge is -2.27. The van der Waals surface area contributed by atoms with Gasteiger partial charge in [-0.1, -0.05) is 68.7 Å². The highest BCUT2D eigenvalue weighted by molar-refractivity contribution is 4.88. The Morgan fingerprint density at radius 3 is 1.42 bits per heavy atom. The van der Waals surface area contributed by atoms with Crippen LogP contribution in [0.25, 0.3) is 0 Å². The van der Waals surface area contributed by atoms with Crippen molar-refractivity contribution in [2.24, 2.45) is 11.8 Å². The van der Waals surface area contributed by atoms with Gasteiger partial charge in [0.15, 0.2) is 0 Å². The van der Waals surface area contributed by atoms with Gasteiger partial charge in [-0.25, -0.2) is 8.78 Å². The summed E-state index contributed by atoms with van der Waals surface area (Å²) in [5, 5.41) is 0.